The van der Waals surface area contributed by atoms with Gasteiger partial charge in [-0.15, -0.1) is 6.58 Å². The molecular weight excluding hydrogens is 160 g/mol. The van der Waals surface area contributed by atoms with Crippen LogP contribution >= 0.6 is 0 Å². The van der Waals surface area contributed by atoms with Crippen LogP contribution in [0.2, 0.25) is 0 Å². The molecule has 4 nitrogen and oxygen atoms in total. The highest BCUT2D eigenvalue weighted by atomic mass is 16.6. The molecule has 0 spiro atoms. The number of ether oxygens (including phenoxy) is 2. The van der Waals surface area contributed by atoms with Crippen molar-refractivity contribution in [2.24, 2.45) is 0 Å². The maximum Gasteiger partial charge on any atom is 0.143 e. The van der Waals surface area contributed by atoms with Crippen LogP contribution in [0.4, 0.5) is 0 Å². The Morgan fingerprint density at radius 3 is 2.75 bits per heavy atom. The summed E-state index contributed by atoms with van der Waals surface area (Å²) in [5.41, 5.74) is -0.876. The Labute approximate surface area is 70.4 Å². The summed E-state index contributed by atoms with van der Waals surface area (Å²) in [5, 5.41) is 18.9. The standard InChI is InChI=1S/C8H12O4/c1-2-8-6(10)4-11-7(8)5(9)3-12-8/h2,5-7,9-10H,1,3-4H2/t5-,6-,7+,8+/m0/s1. The summed E-state index contributed by atoms with van der Waals surface area (Å²) in [6.45, 7) is 3.99. The van der Waals surface area contributed by atoms with E-state index in [2.05, 4.69) is 6.58 Å². The van der Waals surface area contributed by atoms with Crippen LogP contribution in [0.3, 0.4) is 0 Å². The number of rotatable bonds is 1. The second-order valence-electron chi connectivity index (χ2n) is 3.21. The molecular formula is C8H12O4. The molecule has 0 saturated carbocycles. The lowest BCUT2D eigenvalue weighted by atomic mass is 9.93. The number of aliphatic hydroxyl groups excluding tert-OH is 2. The van der Waals surface area contributed by atoms with Crippen LogP contribution in [-0.2, 0) is 9.47 Å². The highest BCUT2D eigenvalue weighted by Crippen LogP contribution is 2.38. The van der Waals surface area contributed by atoms with Crippen molar-refractivity contribution in [1.82, 2.24) is 0 Å². The highest BCUT2D eigenvalue weighted by molar-refractivity contribution is 5.16. The predicted molar refractivity (Wildman–Crippen MR) is 40.6 cm³/mol. The molecule has 0 bridgehead atoms. The van der Waals surface area contributed by atoms with Gasteiger partial charge >= 0.3 is 0 Å². The molecule has 12 heavy (non-hydrogen) atoms. The van der Waals surface area contributed by atoms with Gasteiger partial charge in [0, 0.05) is 0 Å². The molecule has 4 atom stereocenters. The third kappa shape index (κ3) is 0.806. The Kier molecular flexibility index (Phi) is 1.73. The van der Waals surface area contributed by atoms with Crippen LogP contribution in [0.25, 0.3) is 0 Å². The molecule has 2 fully saturated rings. The number of aliphatic hydroxyl groups is 2. The van der Waals surface area contributed by atoms with Crippen LogP contribution in [0, 0.1) is 0 Å². The topological polar surface area (TPSA) is 58.9 Å². The van der Waals surface area contributed by atoms with Crippen molar-refractivity contribution in [1.29, 1.82) is 0 Å². The van der Waals surface area contributed by atoms with E-state index in [1.165, 1.54) is 6.08 Å². The smallest absolute Gasteiger partial charge is 0.143 e. The Balaban J connectivity index is 2.30. The van der Waals surface area contributed by atoms with Crippen molar-refractivity contribution in [2.75, 3.05) is 13.2 Å². The van der Waals surface area contributed by atoms with Gasteiger partial charge in [-0.05, 0) is 0 Å². The average Bonchev–Trinajstić information content (AvgIpc) is 2.55. The number of hydrogen-bond acceptors (Lipinski definition) is 4. The zero-order valence-electron chi connectivity index (χ0n) is 6.64. The SMILES string of the molecule is C=C[C@]12OC[C@H](O)[C@H]1OC[C@@H]2O. The van der Waals surface area contributed by atoms with Gasteiger partial charge in [-0.3, -0.25) is 0 Å². The first-order valence-corrected chi connectivity index (χ1v) is 3.96. The molecule has 2 N–H and O–H groups in total. The molecule has 0 aliphatic carbocycles. The van der Waals surface area contributed by atoms with Crippen molar-refractivity contribution in [3.05, 3.63) is 12.7 Å². The molecule has 4 heteroatoms. The molecule has 0 amide bonds. The van der Waals surface area contributed by atoms with Crippen molar-refractivity contribution in [3.63, 3.8) is 0 Å². The van der Waals surface area contributed by atoms with Gasteiger partial charge < -0.3 is 19.7 Å². The van der Waals surface area contributed by atoms with Gasteiger partial charge in [0.15, 0.2) is 0 Å². The van der Waals surface area contributed by atoms with Gasteiger partial charge in [-0.1, -0.05) is 6.08 Å². The van der Waals surface area contributed by atoms with Crippen LogP contribution < -0.4 is 0 Å². The molecule has 2 heterocycles. The second-order valence-corrected chi connectivity index (χ2v) is 3.21. The summed E-state index contributed by atoms with van der Waals surface area (Å²) in [6.07, 6.45) is -0.298. The molecule has 0 aromatic heterocycles. The Morgan fingerprint density at radius 1 is 1.42 bits per heavy atom. The quantitative estimate of drug-likeness (QED) is 0.501. The Bertz CT molecular complexity index is 205. The van der Waals surface area contributed by atoms with E-state index in [9.17, 15) is 10.2 Å². The van der Waals surface area contributed by atoms with Crippen molar-refractivity contribution in [3.8, 4) is 0 Å². The van der Waals surface area contributed by atoms with E-state index >= 15 is 0 Å². The maximum absolute atomic E-state index is 9.54. The second kappa shape index (κ2) is 2.53. The monoisotopic (exact) mass is 172 g/mol. The van der Waals surface area contributed by atoms with Crippen LogP contribution in [-0.4, -0.2) is 47.3 Å². The zero-order chi connectivity index (χ0) is 8.77. The van der Waals surface area contributed by atoms with E-state index < -0.39 is 23.9 Å². The van der Waals surface area contributed by atoms with Gasteiger partial charge in [0.2, 0.25) is 0 Å². The van der Waals surface area contributed by atoms with Gasteiger partial charge in [0.1, 0.15) is 23.9 Å². The molecule has 2 aliphatic rings. The molecule has 68 valence electrons. The highest BCUT2D eigenvalue weighted by Gasteiger charge is 2.57. The zero-order valence-corrected chi connectivity index (χ0v) is 6.64. The third-order valence-electron chi connectivity index (χ3n) is 2.57. The minimum absolute atomic E-state index is 0.202. The first-order valence-electron chi connectivity index (χ1n) is 3.96. The number of fused-ring (bicyclic) bond motifs is 1. The maximum atomic E-state index is 9.54. The molecule has 2 aliphatic heterocycles. The Hall–Kier alpha value is -0.420. The number of hydrogen-bond donors (Lipinski definition) is 2. The van der Waals surface area contributed by atoms with E-state index in [1.54, 1.807) is 0 Å². The fraction of sp³-hybridized carbons (Fsp3) is 0.750. The fourth-order valence-electron chi connectivity index (χ4n) is 1.86. The summed E-state index contributed by atoms with van der Waals surface area (Å²) in [5.74, 6) is 0. The first kappa shape index (κ1) is 8.19. The summed E-state index contributed by atoms with van der Waals surface area (Å²) >= 11 is 0. The van der Waals surface area contributed by atoms with Crippen molar-refractivity contribution in [2.45, 2.75) is 23.9 Å². The van der Waals surface area contributed by atoms with Gasteiger partial charge in [-0.2, -0.15) is 0 Å². The minimum Gasteiger partial charge on any atom is -0.388 e. The average molecular weight is 172 g/mol. The molecule has 0 aromatic carbocycles. The van der Waals surface area contributed by atoms with Gasteiger partial charge in [-0.25, -0.2) is 0 Å². The van der Waals surface area contributed by atoms with E-state index in [1.807, 2.05) is 0 Å². The lowest BCUT2D eigenvalue weighted by Gasteiger charge is -2.25. The summed E-state index contributed by atoms with van der Waals surface area (Å²) < 4.78 is 10.5. The van der Waals surface area contributed by atoms with E-state index in [-0.39, 0.29) is 13.2 Å². The summed E-state index contributed by atoms with van der Waals surface area (Å²) in [4.78, 5) is 0. The Morgan fingerprint density at radius 2 is 2.17 bits per heavy atom. The third-order valence-corrected chi connectivity index (χ3v) is 2.57. The lowest BCUT2D eigenvalue weighted by molar-refractivity contribution is -0.0398. The molecule has 0 radical (unpaired) electrons. The summed E-state index contributed by atoms with van der Waals surface area (Å²) in [7, 11) is 0. The van der Waals surface area contributed by atoms with E-state index in [4.69, 9.17) is 9.47 Å². The van der Waals surface area contributed by atoms with Crippen molar-refractivity contribution < 1.29 is 19.7 Å². The predicted octanol–water partition coefficient (Wildman–Crippen LogP) is -0.938. The van der Waals surface area contributed by atoms with Crippen LogP contribution in [0.1, 0.15) is 0 Å². The molecule has 0 unspecified atom stereocenters. The van der Waals surface area contributed by atoms with E-state index in [0.29, 0.717) is 0 Å². The van der Waals surface area contributed by atoms with Gasteiger partial charge in [0.05, 0.1) is 13.2 Å². The summed E-state index contributed by atoms with van der Waals surface area (Å²) in [6, 6.07) is 0. The van der Waals surface area contributed by atoms with Crippen LogP contribution in [0.5, 0.6) is 0 Å². The first-order chi connectivity index (χ1) is 5.70. The van der Waals surface area contributed by atoms with Gasteiger partial charge in [0.25, 0.3) is 0 Å². The lowest BCUT2D eigenvalue weighted by Crippen LogP contribution is -2.44. The normalized spacial score (nSPS) is 52.3. The van der Waals surface area contributed by atoms with E-state index in [0.717, 1.165) is 0 Å². The fourth-order valence-corrected chi connectivity index (χ4v) is 1.86. The molecule has 2 rings (SSSR count). The molecule has 0 aromatic rings. The molecule has 2 saturated heterocycles. The largest absolute Gasteiger partial charge is 0.388 e. The van der Waals surface area contributed by atoms with Crippen LogP contribution in [0.15, 0.2) is 12.7 Å². The minimum atomic E-state index is -0.876. The van der Waals surface area contributed by atoms with Crippen molar-refractivity contribution >= 4 is 0 Å².